The van der Waals surface area contributed by atoms with Crippen LogP contribution in [0.3, 0.4) is 0 Å². The van der Waals surface area contributed by atoms with Gasteiger partial charge in [-0.05, 0) is 44.7 Å². The molecule has 20 heavy (non-hydrogen) atoms. The molecule has 112 valence electrons. The van der Waals surface area contributed by atoms with Gasteiger partial charge in [0.15, 0.2) is 0 Å². The maximum absolute atomic E-state index is 4.79. The summed E-state index contributed by atoms with van der Waals surface area (Å²) in [4.78, 5) is 7.41. The molecular formula is C16H27N3S. The quantitative estimate of drug-likeness (QED) is 0.924. The Kier molecular flexibility index (Phi) is 4.74. The molecule has 3 rings (SSSR count). The van der Waals surface area contributed by atoms with Crippen molar-refractivity contribution >= 4 is 11.3 Å². The molecule has 0 aromatic carbocycles. The minimum Gasteiger partial charge on any atom is -0.314 e. The maximum Gasteiger partial charge on any atom is 0.0954 e. The Morgan fingerprint density at radius 1 is 1.40 bits per heavy atom. The van der Waals surface area contributed by atoms with E-state index in [2.05, 4.69) is 29.4 Å². The standard InChI is InChI=1S/C16H27N3S/c1-12(2)16-18-14(11-20-16)10-19-8-4-5-13(9-19)15-6-3-7-17-15/h11-13,15,17H,3-10H2,1-2H3. The molecule has 0 bridgehead atoms. The number of rotatable bonds is 4. The van der Waals surface area contributed by atoms with Crippen molar-refractivity contribution in [2.24, 2.45) is 5.92 Å². The first-order chi connectivity index (χ1) is 9.72. The molecule has 0 amide bonds. The SMILES string of the molecule is CC(C)c1nc(CN2CCCC(C3CCCN3)C2)cs1. The largest absolute Gasteiger partial charge is 0.314 e. The minimum absolute atomic E-state index is 0.561. The van der Waals surface area contributed by atoms with E-state index >= 15 is 0 Å². The lowest BCUT2D eigenvalue weighted by Gasteiger charge is -2.35. The molecule has 0 spiro atoms. The molecule has 3 heterocycles. The van der Waals surface area contributed by atoms with Crippen LogP contribution in [0, 0.1) is 5.92 Å². The van der Waals surface area contributed by atoms with Crippen LogP contribution < -0.4 is 5.32 Å². The topological polar surface area (TPSA) is 28.2 Å². The van der Waals surface area contributed by atoms with E-state index in [1.807, 2.05) is 11.3 Å². The van der Waals surface area contributed by atoms with E-state index in [9.17, 15) is 0 Å². The molecule has 2 saturated heterocycles. The number of nitrogens with one attached hydrogen (secondary N) is 1. The first-order valence-corrected chi connectivity index (χ1v) is 9.00. The molecule has 0 aliphatic carbocycles. The van der Waals surface area contributed by atoms with Gasteiger partial charge in [0.2, 0.25) is 0 Å². The fourth-order valence-corrected chi connectivity index (χ4v) is 4.39. The van der Waals surface area contributed by atoms with Gasteiger partial charge >= 0.3 is 0 Å². The summed E-state index contributed by atoms with van der Waals surface area (Å²) in [5.41, 5.74) is 1.28. The Labute approximate surface area is 126 Å². The van der Waals surface area contributed by atoms with Gasteiger partial charge in [-0.2, -0.15) is 0 Å². The summed E-state index contributed by atoms with van der Waals surface area (Å²) in [6.45, 7) is 9.23. The number of hydrogen-bond donors (Lipinski definition) is 1. The zero-order chi connectivity index (χ0) is 13.9. The fraction of sp³-hybridized carbons (Fsp3) is 0.812. The highest BCUT2D eigenvalue weighted by molar-refractivity contribution is 7.09. The van der Waals surface area contributed by atoms with Gasteiger partial charge in [-0.15, -0.1) is 11.3 Å². The second-order valence-electron chi connectivity index (χ2n) is 6.67. The number of aromatic nitrogens is 1. The van der Waals surface area contributed by atoms with Gasteiger partial charge in [-0.1, -0.05) is 13.8 Å². The summed E-state index contributed by atoms with van der Waals surface area (Å²) >= 11 is 1.82. The molecule has 1 aromatic heterocycles. The van der Waals surface area contributed by atoms with E-state index in [0.717, 1.165) is 18.5 Å². The van der Waals surface area contributed by atoms with Gasteiger partial charge in [0.05, 0.1) is 10.7 Å². The van der Waals surface area contributed by atoms with Crippen LogP contribution in [-0.2, 0) is 6.54 Å². The Hall–Kier alpha value is -0.450. The Morgan fingerprint density at radius 3 is 3.00 bits per heavy atom. The van der Waals surface area contributed by atoms with Crippen molar-refractivity contribution in [1.82, 2.24) is 15.2 Å². The van der Waals surface area contributed by atoms with E-state index in [1.54, 1.807) is 0 Å². The van der Waals surface area contributed by atoms with Gasteiger partial charge in [0.1, 0.15) is 0 Å². The average molecular weight is 293 g/mol. The molecule has 0 saturated carbocycles. The van der Waals surface area contributed by atoms with Crippen LogP contribution in [0.1, 0.15) is 56.2 Å². The summed E-state index contributed by atoms with van der Waals surface area (Å²) in [6, 6.07) is 0.777. The lowest BCUT2D eigenvalue weighted by Crippen LogP contribution is -2.43. The highest BCUT2D eigenvalue weighted by Crippen LogP contribution is 2.26. The molecule has 3 nitrogen and oxygen atoms in total. The fourth-order valence-electron chi connectivity index (χ4n) is 3.57. The van der Waals surface area contributed by atoms with Crippen LogP contribution in [0.25, 0.3) is 0 Å². The lowest BCUT2D eigenvalue weighted by molar-refractivity contribution is 0.144. The summed E-state index contributed by atoms with van der Waals surface area (Å²) in [5.74, 6) is 1.42. The van der Waals surface area contributed by atoms with Crippen LogP contribution in [0.4, 0.5) is 0 Å². The van der Waals surface area contributed by atoms with E-state index in [4.69, 9.17) is 4.98 Å². The molecule has 2 aliphatic rings. The monoisotopic (exact) mass is 293 g/mol. The van der Waals surface area contributed by atoms with Crippen LogP contribution in [0.2, 0.25) is 0 Å². The highest BCUT2D eigenvalue weighted by atomic mass is 32.1. The van der Waals surface area contributed by atoms with Gasteiger partial charge < -0.3 is 5.32 Å². The summed E-state index contributed by atoms with van der Waals surface area (Å²) in [6.07, 6.45) is 5.50. The first-order valence-electron chi connectivity index (χ1n) is 8.12. The molecule has 2 atom stereocenters. The molecule has 2 aliphatic heterocycles. The predicted molar refractivity (Wildman–Crippen MR) is 85.2 cm³/mol. The van der Waals surface area contributed by atoms with Crippen molar-refractivity contribution in [3.63, 3.8) is 0 Å². The van der Waals surface area contributed by atoms with Gasteiger partial charge in [0.25, 0.3) is 0 Å². The number of thiazole rings is 1. The van der Waals surface area contributed by atoms with Crippen molar-refractivity contribution in [2.45, 2.75) is 58.0 Å². The van der Waals surface area contributed by atoms with E-state index < -0.39 is 0 Å². The van der Waals surface area contributed by atoms with Crippen molar-refractivity contribution in [2.75, 3.05) is 19.6 Å². The van der Waals surface area contributed by atoms with Crippen molar-refractivity contribution < 1.29 is 0 Å². The maximum atomic E-state index is 4.79. The Morgan fingerprint density at radius 2 is 2.30 bits per heavy atom. The second-order valence-corrected chi connectivity index (χ2v) is 7.56. The molecule has 2 fully saturated rings. The van der Waals surface area contributed by atoms with Crippen LogP contribution in [0.15, 0.2) is 5.38 Å². The predicted octanol–water partition coefficient (Wildman–Crippen LogP) is 3.23. The molecule has 1 N–H and O–H groups in total. The van der Waals surface area contributed by atoms with Crippen LogP contribution in [0.5, 0.6) is 0 Å². The number of nitrogens with zero attached hydrogens (tertiary/aromatic N) is 2. The zero-order valence-corrected chi connectivity index (χ0v) is 13.6. The normalized spacial score (nSPS) is 28.4. The zero-order valence-electron chi connectivity index (χ0n) is 12.8. The molecule has 1 aromatic rings. The smallest absolute Gasteiger partial charge is 0.0954 e. The van der Waals surface area contributed by atoms with E-state index in [1.165, 1.54) is 56.0 Å². The number of piperidine rings is 1. The third-order valence-electron chi connectivity index (χ3n) is 4.66. The van der Waals surface area contributed by atoms with Crippen molar-refractivity contribution in [3.05, 3.63) is 16.1 Å². The van der Waals surface area contributed by atoms with Crippen LogP contribution in [-0.4, -0.2) is 35.6 Å². The minimum atomic E-state index is 0.561. The highest BCUT2D eigenvalue weighted by Gasteiger charge is 2.29. The third kappa shape index (κ3) is 3.41. The Bertz CT molecular complexity index is 423. The molecule has 4 heteroatoms. The Balaban J connectivity index is 1.56. The molecule has 2 unspecified atom stereocenters. The third-order valence-corrected chi connectivity index (χ3v) is 5.85. The first kappa shape index (κ1) is 14.5. The molecular weight excluding hydrogens is 266 g/mol. The lowest BCUT2D eigenvalue weighted by atomic mass is 9.90. The summed E-state index contributed by atoms with van der Waals surface area (Å²) in [7, 11) is 0. The van der Waals surface area contributed by atoms with E-state index in [0.29, 0.717) is 5.92 Å². The van der Waals surface area contributed by atoms with Gasteiger partial charge in [-0.25, -0.2) is 4.98 Å². The molecule has 0 radical (unpaired) electrons. The average Bonchev–Trinajstić information content (AvgIpc) is 3.10. The second kappa shape index (κ2) is 6.54. The number of likely N-dealkylation sites (tertiary alicyclic amines) is 1. The van der Waals surface area contributed by atoms with E-state index in [-0.39, 0.29) is 0 Å². The summed E-state index contributed by atoms with van der Waals surface area (Å²) < 4.78 is 0. The van der Waals surface area contributed by atoms with Gasteiger partial charge in [0, 0.05) is 30.4 Å². The van der Waals surface area contributed by atoms with Crippen molar-refractivity contribution in [1.29, 1.82) is 0 Å². The number of hydrogen-bond acceptors (Lipinski definition) is 4. The van der Waals surface area contributed by atoms with Gasteiger partial charge in [-0.3, -0.25) is 4.90 Å². The van der Waals surface area contributed by atoms with Crippen molar-refractivity contribution in [3.8, 4) is 0 Å². The van der Waals surface area contributed by atoms with Crippen LogP contribution >= 0.6 is 11.3 Å². The summed E-state index contributed by atoms with van der Waals surface area (Å²) in [5, 5.41) is 7.23.